The van der Waals surface area contributed by atoms with Crippen LogP contribution in [-0.2, 0) is 10.0 Å². The molecule has 3 rings (SSSR count). The van der Waals surface area contributed by atoms with Gasteiger partial charge in [-0.25, -0.2) is 17.7 Å². The molecule has 0 aliphatic heterocycles. The summed E-state index contributed by atoms with van der Waals surface area (Å²) in [4.78, 5) is 22.2. The second kappa shape index (κ2) is 8.08. The Hall–Kier alpha value is -2.14. The predicted octanol–water partition coefficient (Wildman–Crippen LogP) is 3.78. The van der Waals surface area contributed by atoms with Gasteiger partial charge >= 0.3 is 0 Å². The van der Waals surface area contributed by atoms with Crippen LogP contribution >= 0.6 is 27.3 Å². The number of sulfonamides is 1. The summed E-state index contributed by atoms with van der Waals surface area (Å²) < 4.78 is 26.4. The summed E-state index contributed by atoms with van der Waals surface area (Å²) in [5.41, 5.74) is 1.75. The number of carbonyl (C=O) groups excluding carboxylic acids is 1. The quantitative estimate of drug-likeness (QED) is 0.599. The molecule has 1 amide bonds. The Morgan fingerprint density at radius 3 is 2.61 bits per heavy atom. The van der Waals surface area contributed by atoms with E-state index in [1.165, 1.54) is 37.6 Å². The maximum absolute atomic E-state index is 12.6. The molecular formula is C18H17BrN4O3S2. The van der Waals surface area contributed by atoms with Crippen molar-refractivity contribution in [2.24, 2.45) is 0 Å². The van der Waals surface area contributed by atoms with Crippen molar-refractivity contribution in [1.29, 1.82) is 0 Å². The lowest BCUT2D eigenvalue weighted by Crippen LogP contribution is -2.23. The lowest BCUT2D eigenvalue weighted by atomic mass is 10.2. The zero-order valence-corrected chi connectivity index (χ0v) is 18.5. The molecule has 0 unspecified atom stereocenters. The van der Waals surface area contributed by atoms with Crippen LogP contribution in [0.25, 0.3) is 10.6 Å². The van der Waals surface area contributed by atoms with Crippen LogP contribution in [0.4, 0.5) is 5.13 Å². The maximum atomic E-state index is 12.6. The van der Waals surface area contributed by atoms with Crippen LogP contribution in [0, 0.1) is 6.92 Å². The number of hydrogen-bond acceptors (Lipinski definition) is 6. The van der Waals surface area contributed by atoms with Crippen LogP contribution < -0.4 is 5.32 Å². The summed E-state index contributed by atoms with van der Waals surface area (Å²) in [5, 5.41) is 3.15. The molecule has 3 aromatic rings. The number of nitrogens with one attached hydrogen (secondary N) is 1. The molecule has 0 radical (unpaired) electrons. The minimum atomic E-state index is -3.69. The number of thiazole rings is 1. The highest BCUT2D eigenvalue weighted by molar-refractivity contribution is 9.10. The van der Waals surface area contributed by atoms with Gasteiger partial charge < -0.3 is 0 Å². The molecule has 0 aliphatic rings. The van der Waals surface area contributed by atoms with Crippen molar-refractivity contribution in [3.63, 3.8) is 0 Å². The molecule has 1 aromatic carbocycles. The number of halogens is 1. The molecular weight excluding hydrogens is 464 g/mol. The van der Waals surface area contributed by atoms with Gasteiger partial charge in [0.15, 0.2) is 5.13 Å². The fraction of sp³-hybridized carbons (Fsp3) is 0.167. The van der Waals surface area contributed by atoms with E-state index in [1.807, 2.05) is 25.1 Å². The van der Waals surface area contributed by atoms with Gasteiger partial charge in [-0.3, -0.25) is 15.1 Å². The Morgan fingerprint density at radius 1 is 1.21 bits per heavy atom. The lowest BCUT2D eigenvalue weighted by molar-refractivity contribution is 0.102. The van der Waals surface area contributed by atoms with Gasteiger partial charge in [0.25, 0.3) is 5.91 Å². The number of carbonyl (C=O) groups is 1. The summed E-state index contributed by atoms with van der Waals surface area (Å²) in [6, 6.07) is 10.0. The molecule has 0 saturated carbocycles. The minimum absolute atomic E-state index is 0.0228. The third-order valence-electron chi connectivity index (χ3n) is 3.87. The van der Waals surface area contributed by atoms with Gasteiger partial charge in [-0.15, -0.1) is 0 Å². The number of aromatic nitrogens is 2. The Balaban J connectivity index is 1.89. The van der Waals surface area contributed by atoms with Gasteiger partial charge in [-0.2, -0.15) is 0 Å². The minimum Gasteiger partial charge on any atom is -0.298 e. The Morgan fingerprint density at radius 2 is 1.96 bits per heavy atom. The molecule has 0 fully saturated rings. The second-order valence-electron chi connectivity index (χ2n) is 6.04. The van der Waals surface area contributed by atoms with Crippen molar-refractivity contribution in [3.05, 3.63) is 58.3 Å². The van der Waals surface area contributed by atoms with Gasteiger partial charge in [0.1, 0.15) is 0 Å². The van der Waals surface area contributed by atoms with Crippen LogP contribution in [0.15, 0.2) is 52.0 Å². The van der Waals surface area contributed by atoms with Gasteiger partial charge in [-0.1, -0.05) is 17.4 Å². The average molecular weight is 481 g/mol. The summed E-state index contributed by atoms with van der Waals surface area (Å²) in [6.07, 6.45) is 1.70. The Labute approximate surface area is 175 Å². The molecule has 10 heteroatoms. The summed E-state index contributed by atoms with van der Waals surface area (Å²) in [7, 11) is -0.817. The Bertz CT molecular complexity index is 1130. The highest BCUT2D eigenvalue weighted by Gasteiger charge is 2.22. The van der Waals surface area contributed by atoms with Crippen molar-refractivity contribution in [3.8, 4) is 10.6 Å². The van der Waals surface area contributed by atoms with Crippen LogP contribution in [0.5, 0.6) is 0 Å². The molecule has 0 spiro atoms. The van der Waals surface area contributed by atoms with Crippen molar-refractivity contribution >= 4 is 48.3 Å². The molecule has 2 aromatic heterocycles. The highest BCUT2D eigenvalue weighted by Crippen LogP contribution is 2.32. The van der Waals surface area contributed by atoms with Gasteiger partial charge in [-0.05, 0) is 53.2 Å². The van der Waals surface area contributed by atoms with E-state index in [1.54, 1.807) is 12.3 Å². The SMILES string of the molecule is Cc1nc(NC(=O)c2ccc(Br)c(S(=O)(=O)N(C)C)c2)sc1-c1ccccn1. The molecule has 0 bridgehead atoms. The molecule has 2 heterocycles. The molecule has 0 saturated heterocycles. The summed E-state index contributed by atoms with van der Waals surface area (Å²) >= 11 is 4.55. The van der Waals surface area contributed by atoms with Crippen LogP contribution in [0.3, 0.4) is 0 Å². The lowest BCUT2D eigenvalue weighted by Gasteiger charge is -2.13. The number of pyridine rings is 1. The van der Waals surface area contributed by atoms with E-state index in [-0.39, 0.29) is 10.5 Å². The first-order valence-electron chi connectivity index (χ1n) is 8.12. The van der Waals surface area contributed by atoms with Crippen molar-refractivity contribution < 1.29 is 13.2 Å². The fourth-order valence-electron chi connectivity index (χ4n) is 2.39. The van der Waals surface area contributed by atoms with Gasteiger partial charge in [0.05, 0.1) is 21.2 Å². The standard InChI is InChI=1S/C18H17BrN4O3S2/c1-11-16(14-6-4-5-9-20-14)27-18(21-11)22-17(24)12-7-8-13(19)15(10-12)28(25,26)23(2)3/h4-10H,1-3H3,(H,21,22,24). The van der Waals surface area contributed by atoms with Crippen LogP contribution in [0.2, 0.25) is 0 Å². The van der Waals surface area contributed by atoms with Crippen LogP contribution in [-0.4, -0.2) is 42.7 Å². The molecule has 28 heavy (non-hydrogen) atoms. The number of benzene rings is 1. The number of rotatable bonds is 5. The topological polar surface area (TPSA) is 92.3 Å². The van der Waals surface area contributed by atoms with E-state index in [0.717, 1.165) is 20.6 Å². The average Bonchev–Trinajstić information content (AvgIpc) is 3.02. The molecule has 0 atom stereocenters. The number of nitrogens with zero attached hydrogens (tertiary/aromatic N) is 3. The molecule has 0 aliphatic carbocycles. The zero-order valence-electron chi connectivity index (χ0n) is 15.3. The van der Waals surface area contributed by atoms with Crippen molar-refractivity contribution in [2.45, 2.75) is 11.8 Å². The summed E-state index contributed by atoms with van der Waals surface area (Å²) in [6.45, 7) is 1.84. The normalized spacial score (nSPS) is 11.6. The third-order valence-corrected chi connectivity index (χ3v) is 7.77. The molecule has 1 N–H and O–H groups in total. The van der Waals surface area contributed by atoms with Crippen molar-refractivity contribution in [2.75, 3.05) is 19.4 Å². The maximum Gasteiger partial charge on any atom is 0.257 e. The number of aryl methyl sites for hydroxylation is 1. The van der Waals surface area contributed by atoms with E-state index in [0.29, 0.717) is 9.60 Å². The second-order valence-corrected chi connectivity index (χ2v) is 10.0. The third kappa shape index (κ3) is 4.14. The summed E-state index contributed by atoms with van der Waals surface area (Å²) in [5.74, 6) is -0.441. The molecule has 146 valence electrons. The monoisotopic (exact) mass is 480 g/mol. The first-order valence-corrected chi connectivity index (χ1v) is 11.2. The fourth-order valence-corrected chi connectivity index (χ4v) is 5.18. The first kappa shape index (κ1) is 20.6. The highest BCUT2D eigenvalue weighted by atomic mass is 79.9. The van der Waals surface area contributed by atoms with E-state index in [9.17, 15) is 13.2 Å². The van der Waals surface area contributed by atoms with E-state index in [2.05, 4.69) is 31.2 Å². The van der Waals surface area contributed by atoms with Gasteiger partial charge in [0.2, 0.25) is 10.0 Å². The number of amides is 1. The van der Waals surface area contributed by atoms with E-state index in [4.69, 9.17) is 0 Å². The smallest absolute Gasteiger partial charge is 0.257 e. The molecule has 7 nitrogen and oxygen atoms in total. The number of anilines is 1. The van der Waals surface area contributed by atoms with Gasteiger partial charge in [0, 0.05) is 30.3 Å². The predicted molar refractivity (Wildman–Crippen MR) is 113 cm³/mol. The van der Waals surface area contributed by atoms with E-state index < -0.39 is 15.9 Å². The number of hydrogen-bond donors (Lipinski definition) is 1. The van der Waals surface area contributed by atoms with Crippen molar-refractivity contribution in [1.82, 2.24) is 14.3 Å². The Kier molecular flexibility index (Phi) is 5.94. The zero-order chi connectivity index (χ0) is 20.5. The van der Waals surface area contributed by atoms with Crippen LogP contribution in [0.1, 0.15) is 16.1 Å². The first-order chi connectivity index (χ1) is 13.2. The van der Waals surface area contributed by atoms with E-state index >= 15 is 0 Å². The largest absolute Gasteiger partial charge is 0.298 e.